The van der Waals surface area contributed by atoms with Gasteiger partial charge in [0.2, 0.25) is 5.91 Å². The van der Waals surface area contributed by atoms with E-state index >= 15 is 0 Å². The number of nitrogens with one attached hydrogen (secondary N) is 1. The molecule has 11 nitrogen and oxygen atoms in total. The number of ether oxygens (including phenoxy) is 3. The van der Waals surface area contributed by atoms with Crippen LogP contribution in [0.3, 0.4) is 0 Å². The van der Waals surface area contributed by atoms with E-state index in [4.69, 9.17) is 14.2 Å². The molecule has 174 valence electrons. The number of carbonyl (C=O) groups excluding carboxylic acids is 3. The maximum Gasteiger partial charge on any atom is 0.289 e. The van der Waals surface area contributed by atoms with Gasteiger partial charge in [-0.2, -0.15) is 0 Å². The van der Waals surface area contributed by atoms with Crippen LogP contribution in [0.2, 0.25) is 0 Å². The Morgan fingerprint density at radius 1 is 1.15 bits per heavy atom. The Kier molecular flexibility index (Phi) is 7.85. The van der Waals surface area contributed by atoms with Gasteiger partial charge in [-0.3, -0.25) is 29.4 Å². The lowest BCUT2D eigenvalue weighted by atomic mass is 10.1. The highest BCUT2D eigenvalue weighted by Gasteiger charge is 2.30. The van der Waals surface area contributed by atoms with Crippen LogP contribution in [-0.4, -0.2) is 60.1 Å². The van der Waals surface area contributed by atoms with Crippen LogP contribution in [0.4, 0.5) is 16.2 Å². The summed E-state index contributed by atoms with van der Waals surface area (Å²) in [4.78, 5) is 48.3. The van der Waals surface area contributed by atoms with Gasteiger partial charge in [0.15, 0.2) is 11.5 Å². The first-order valence-electron chi connectivity index (χ1n) is 9.69. The smallest absolute Gasteiger partial charge is 0.289 e. The molecule has 0 aromatic heterocycles. The molecular formula is C21H21N3O8S. The van der Waals surface area contributed by atoms with Gasteiger partial charge in [-0.05, 0) is 17.7 Å². The lowest BCUT2D eigenvalue weighted by Crippen LogP contribution is -2.27. The van der Waals surface area contributed by atoms with Crippen molar-refractivity contribution >= 4 is 40.2 Å². The molecule has 1 heterocycles. The summed E-state index contributed by atoms with van der Waals surface area (Å²) in [7, 11) is 2.85. The maximum atomic E-state index is 12.8. The molecule has 0 spiro atoms. The first kappa shape index (κ1) is 24.0. The lowest BCUT2D eigenvalue weighted by molar-refractivity contribution is -0.385. The Labute approximate surface area is 193 Å². The lowest BCUT2D eigenvalue weighted by Gasteiger charge is -2.14. The molecule has 0 bridgehead atoms. The molecule has 1 N–H and O–H groups in total. The van der Waals surface area contributed by atoms with Crippen molar-refractivity contribution in [3.05, 3.63) is 57.6 Å². The molecule has 33 heavy (non-hydrogen) atoms. The van der Waals surface area contributed by atoms with Crippen LogP contribution >= 0.6 is 11.8 Å². The van der Waals surface area contributed by atoms with Crippen molar-refractivity contribution in [1.82, 2.24) is 4.90 Å². The SMILES string of the molecule is COCCOc1cc([N+](=O)[O-])c(C(=O)Nc2ccc(CN3C(=O)CSC3=O)cc2)cc1OC. The third kappa shape index (κ3) is 5.79. The van der Waals surface area contributed by atoms with Crippen LogP contribution in [0.15, 0.2) is 36.4 Å². The molecule has 1 saturated heterocycles. The summed E-state index contributed by atoms with van der Waals surface area (Å²) in [5.74, 6) is -0.553. The topological polar surface area (TPSA) is 137 Å². The minimum Gasteiger partial charge on any atom is -0.493 e. The first-order valence-corrected chi connectivity index (χ1v) is 10.7. The van der Waals surface area contributed by atoms with Gasteiger partial charge in [0.1, 0.15) is 12.2 Å². The van der Waals surface area contributed by atoms with Crippen molar-refractivity contribution in [2.45, 2.75) is 6.54 Å². The molecule has 2 aromatic rings. The largest absolute Gasteiger partial charge is 0.493 e. The van der Waals surface area contributed by atoms with Crippen LogP contribution in [0.5, 0.6) is 11.5 Å². The quantitative estimate of drug-likeness (QED) is 0.312. The molecule has 1 fully saturated rings. The zero-order valence-electron chi connectivity index (χ0n) is 17.9. The van der Waals surface area contributed by atoms with Crippen LogP contribution in [0, 0.1) is 10.1 Å². The molecule has 0 atom stereocenters. The van der Waals surface area contributed by atoms with E-state index in [0.29, 0.717) is 11.3 Å². The summed E-state index contributed by atoms with van der Waals surface area (Å²) in [6, 6.07) is 8.84. The van der Waals surface area contributed by atoms with Gasteiger partial charge in [0, 0.05) is 18.9 Å². The fraction of sp³-hybridized carbons (Fsp3) is 0.286. The number of amides is 3. The molecular weight excluding hydrogens is 454 g/mol. The average molecular weight is 475 g/mol. The van der Waals surface area contributed by atoms with E-state index in [2.05, 4.69) is 5.32 Å². The highest BCUT2D eigenvalue weighted by molar-refractivity contribution is 8.14. The Morgan fingerprint density at radius 2 is 1.88 bits per heavy atom. The van der Waals surface area contributed by atoms with Gasteiger partial charge in [0.25, 0.3) is 16.8 Å². The van der Waals surface area contributed by atoms with Gasteiger partial charge in [-0.15, -0.1) is 0 Å². The fourth-order valence-corrected chi connectivity index (χ4v) is 3.72. The van der Waals surface area contributed by atoms with Crippen LogP contribution in [0.25, 0.3) is 0 Å². The first-order chi connectivity index (χ1) is 15.8. The van der Waals surface area contributed by atoms with E-state index in [-0.39, 0.29) is 53.7 Å². The number of hydrogen-bond donors (Lipinski definition) is 1. The number of nitrogens with zero attached hydrogens (tertiary/aromatic N) is 2. The molecule has 0 radical (unpaired) electrons. The van der Waals surface area contributed by atoms with Crippen molar-refractivity contribution in [2.75, 3.05) is 38.5 Å². The zero-order chi connectivity index (χ0) is 24.0. The number of rotatable bonds is 10. The summed E-state index contributed by atoms with van der Waals surface area (Å²) in [5, 5.41) is 13.9. The summed E-state index contributed by atoms with van der Waals surface area (Å²) in [5.41, 5.74) is 0.430. The average Bonchev–Trinajstić information content (AvgIpc) is 3.12. The van der Waals surface area contributed by atoms with Crippen LogP contribution in [0.1, 0.15) is 15.9 Å². The number of thioether (sulfide) groups is 1. The number of hydrogen-bond acceptors (Lipinski definition) is 9. The van der Waals surface area contributed by atoms with E-state index in [0.717, 1.165) is 22.7 Å². The molecule has 2 aromatic carbocycles. The van der Waals surface area contributed by atoms with E-state index < -0.39 is 16.5 Å². The predicted octanol–water partition coefficient (Wildman–Crippen LogP) is 3.08. The Morgan fingerprint density at radius 3 is 2.45 bits per heavy atom. The van der Waals surface area contributed by atoms with Crippen LogP contribution in [-0.2, 0) is 16.1 Å². The van der Waals surface area contributed by atoms with Crippen LogP contribution < -0.4 is 14.8 Å². The summed E-state index contributed by atoms with van der Waals surface area (Å²) in [6.07, 6.45) is 0. The third-order valence-corrected chi connectivity index (χ3v) is 5.52. The van der Waals surface area contributed by atoms with Crippen molar-refractivity contribution in [2.24, 2.45) is 0 Å². The van der Waals surface area contributed by atoms with Gasteiger partial charge >= 0.3 is 0 Å². The van der Waals surface area contributed by atoms with E-state index in [1.165, 1.54) is 20.3 Å². The highest BCUT2D eigenvalue weighted by atomic mass is 32.2. The molecule has 0 aliphatic carbocycles. The third-order valence-electron chi connectivity index (χ3n) is 4.66. The second kappa shape index (κ2) is 10.8. The minimum absolute atomic E-state index is 0.117. The molecule has 12 heteroatoms. The van der Waals surface area contributed by atoms with Gasteiger partial charge in [0.05, 0.1) is 37.0 Å². The van der Waals surface area contributed by atoms with E-state index in [1.807, 2.05) is 0 Å². The molecule has 3 rings (SSSR count). The van der Waals surface area contributed by atoms with Crippen molar-refractivity contribution < 1.29 is 33.5 Å². The number of nitro groups is 1. The normalized spacial score (nSPS) is 13.2. The van der Waals surface area contributed by atoms with Gasteiger partial charge < -0.3 is 19.5 Å². The zero-order valence-corrected chi connectivity index (χ0v) is 18.7. The molecule has 0 unspecified atom stereocenters. The van der Waals surface area contributed by atoms with E-state index in [1.54, 1.807) is 24.3 Å². The Bertz CT molecular complexity index is 1060. The minimum atomic E-state index is -0.711. The van der Waals surface area contributed by atoms with Gasteiger partial charge in [-0.25, -0.2) is 0 Å². The Hall–Kier alpha value is -3.64. The number of anilines is 1. The molecule has 3 amide bonds. The molecule has 0 saturated carbocycles. The summed E-state index contributed by atoms with van der Waals surface area (Å²) >= 11 is 0.955. The van der Waals surface area contributed by atoms with Gasteiger partial charge in [-0.1, -0.05) is 23.9 Å². The van der Waals surface area contributed by atoms with Crippen molar-refractivity contribution in [3.8, 4) is 11.5 Å². The summed E-state index contributed by atoms with van der Waals surface area (Å²) in [6.45, 7) is 0.551. The number of nitro benzene ring substituents is 1. The van der Waals surface area contributed by atoms with Crippen molar-refractivity contribution in [1.29, 1.82) is 0 Å². The second-order valence-electron chi connectivity index (χ2n) is 6.80. The Balaban J connectivity index is 1.76. The molecule has 1 aliphatic heterocycles. The monoisotopic (exact) mass is 475 g/mol. The second-order valence-corrected chi connectivity index (χ2v) is 7.73. The predicted molar refractivity (Wildman–Crippen MR) is 120 cm³/mol. The number of carbonyl (C=O) groups is 3. The van der Waals surface area contributed by atoms with E-state index in [9.17, 15) is 24.5 Å². The highest BCUT2D eigenvalue weighted by Crippen LogP contribution is 2.35. The standard InChI is InChI=1S/C21H21N3O8S/c1-30-7-8-32-18-10-16(24(28)29)15(9-17(18)31-2)20(26)22-14-5-3-13(4-6-14)11-23-19(25)12-33-21(23)27/h3-6,9-10H,7-8,11-12H2,1-2H3,(H,22,26). The number of methoxy groups -OCH3 is 2. The number of imide groups is 1. The maximum absolute atomic E-state index is 12.8. The number of benzene rings is 2. The summed E-state index contributed by atoms with van der Waals surface area (Å²) < 4.78 is 15.6. The fourth-order valence-electron chi connectivity index (χ4n) is 3.00. The van der Waals surface area contributed by atoms with Crippen molar-refractivity contribution in [3.63, 3.8) is 0 Å². The molecule has 1 aliphatic rings.